The van der Waals surface area contributed by atoms with E-state index < -0.39 is 18.6 Å². The van der Waals surface area contributed by atoms with Crippen molar-refractivity contribution in [1.29, 1.82) is 0 Å². The number of nitrogen functional groups attached to an aromatic ring is 1. The molecule has 4 aromatic rings. The number of rotatable bonds is 18. The van der Waals surface area contributed by atoms with Gasteiger partial charge < -0.3 is 20.3 Å². The molecule has 7 heteroatoms. The highest BCUT2D eigenvalue weighted by molar-refractivity contribution is 5.54. The van der Waals surface area contributed by atoms with Crippen LogP contribution in [0.5, 0.6) is 5.75 Å². The molecule has 0 bridgehead atoms. The van der Waals surface area contributed by atoms with Crippen molar-refractivity contribution < 1.29 is 23.4 Å². The van der Waals surface area contributed by atoms with Crippen molar-refractivity contribution in [1.82, 2.24) is 4.90 Å². The largest absolute Gasteiger partial charge is 0.487 e. The standard InChI is InChI=1S/C36H42F2N2O3/c37-36(38,32-18-10-5-11-19-32)28-42-23-13-2-1-12-22-40(25-29-14-6-3-7-15-29)26-34(41)31-20-21-35(33(39)24-31)43-27-30-16-8-4-9-17-30/h3-11,14-21,24,34,41H,1-2,12-13,22-23,25-28,39H2. The summed E-state index contributed by atoms with van der Waals surface area (Å²) in [6.07, 6.45) is 2.77. The van der Waals surface area contributed by atoms with Crippen molar-refractivity contribution in [2.75, 3.05) is 32.0 Å². The van der Waals surface area contributed by atoms with Gasteiger partial charge in [-0.3, -0.25) is 4.90 Å². The Labute approximate surface area is 253 Å². The van der Waals surface area contributed by atoms with E-state index in [1.54, 1.807) is 24.3 Å². The average Bonchev–Trinajstić information content (AvgIpc) is 3.03. The number of halogens is 2. The van der Waals surface area contributed by atoms with Crippen LogP contribution in [0.4, 0.5) is 14.5 Å². The van der Waals surface area contributed by atoms with Crippen LogP contribution in [0.3, 0.4) is 0 Å². The highest BCUT2D eigenvalue weighted by Crippen LogP contribution is 2.29. The summed E-state index contributed by atoms with van der Waals surface area (Å²) in [5.74, 6) is -2.39. The van der Waals surface area contributed by atoms with Crippen LogP contribution >= 0.6 is 0 Å². The van der Waals surface area contributed by atoms with Crippen LogP contribution in [-0.2, 0) is 23.8 Å². The fourth-order valence-electron chi connectivity index (χ4n) is 4.93. The number of hydrogen-bond donors (Lipinski definition) is 2. The molecule has 0 aliphatic carbocycles. The Kier molecular flexibility index (Phi) is 12.5. The Morgan fingerprint density at radius 3 is 2.07 bits per heavy atom. The molecule has 0 fully saturated rings. The fraction of sp³-hybridized carbons (Fsp3) is 0.333. The van der Waals surface area contributed by atoms with Crippen molar-refractivity contribution in [3.63, 3.8) is 0 Å². The summed E-state index contributed by atoms with van der Waals surface area (Å²) in [5, 5.41) is 11.1. The summed E-state index contributed by atoms with van der Waals surface area (Å²) >= 11 is 0. The number of benzene rings is 4. The molecule has 4 aromatic carbocycles. The summed E-state index contributed by atoms with van der Waals surface area (Å²) in [6, 6.07) is 33.3. The predicted octanol–water partition coefficient (Wildman–Crippen LogP) is 7.75. The van der Waals surface area contributed by atoms with Gasteiger partial charge in [0.05, 0.1) is 11.8 Å². The van der Waals surface area contributed by atoms with Gasteiger partial charge in [0.1, 0.15) is 19.0 Å². The molecule has 0 radical (unpaired) electrons. The van der Waals surface area contributed by atoms with E-state index in [0.717, 1.165) is 43.4 Å². The highest BCUT2D eigenvalue weighted by Gasteiger charge is 2.31. The van der Waals surface area contributed by atoms with Gasteiger partial charge in [-0.25, -0.2) is 0 Å². The quantitative estimate of drug-likeness (QED) is 0.0919. The van der Waals surface area contributed by atoms with Crippen molar-refractivity contribution in [2.45, 2.75) is 50.9 Å². The van der Waals surface area contributed by atoms with Gasteiger partial charge in [-0.2, -0.15) is 8.78 Å². The SMILES string of the molecule is Nc1cc(C(O)CN(CCCCCCOCC(F)(F)c2ccccc2)Cc2ccccc2)ccc1OCc1ccccc1. The van der Waals surface area contributed by atoms with Crippen molar-refractivity contribution in [3.05, 3.63) is 131 Å². The number of aliphatic hydroxyl groups excluding tert-OH is 1. The number of hydrogen-bond acceptors (Lipinski definition) is 5. The van der Waals surface area contributed by atoms with Crippen LogP contribution in [-0.4, -0.2) is 36.3 Å². The van der Waals surface area contributed by atoms with E-state index >= 15 is 0 Å². The Bertz CT molecular complexity index is 1340. The molecule has 0 spiro atoms. The van der Waals surface area contributed by atoms with Crippen LogP contribution in [0.2, 0.25) is 0 Å². The van der Waals surface area contributed by atoms with Gasteiger partial charge in [-0.1, -0.05) is 110 Å². The highest BCUT2D eigenvalue weighted by atomic mass is 19.3. The zero-order valence-corrected chi connectivity index (χ0v) is 24.6. The third-order valence-electron chi connectivity index (χ3n) is 7.33. The number of unbranched alkanes of at least 4 members (excludes halogenated alkanes) is 3. The maximum Gasteiger partial charge on any atom is 0.296 e. The van der Waals surface area contributed by atoms with Gasteiger partial charge in [0.15, 0.2) is 0 Å². The van der Waals surface area contributed by atoms with Crippen LogP contribution in [0.25, 0.3) is 0 Å². The Morgan fingerprint density at radius 2 is 1.40 bits per heavy atom. The molecule has 0 aliphatic rings. The molecule has 1 unspecified atom stereocenters. The summed E-state index contributed by atoms with van der Waals surface area (Å²) in [5.41, 5.74) is 9.72. The smallest absolute Gasteiger partial charge is 0.296 e. The maximum absolute atomic E-state index is 14.3. The second kappa shape index (κ2) is 16.8. The lowest BCUT2D eigenvalue weighted by atomic mass is 10.1. The molecular weight excluding hydrogens is 546 g/mol. The van der Waals surface area contributed by atoms with Crippen LogP contribution < -0.4 is 10.5 Å². The van der Waals surface area contributed by atoms with Crippen LogP contribution in [0.1, 0.15) is 54.0 Å². The molecule has 0 aromatic heterocycles. The first kappa shape index (κ1) is 32.1. The van der Waals surface area contributed by atoms with Gasteiger partial charge in [-0.15, -0.1) is 0 Å². The number of aliphatic hydroxyl groups is 1. The first-order valence-corrected chi connectivity index (χ1v) is 14.9. The minimum Gasteiger partial charge on any atom is -0.487 e. The lowest BCUT2D eigenvalue weighted by Crippen LogP contribution is -2.29. The number of ether oxygens (including phenoxy) is 2. The van der Waals surface area contributed by atoms with Gasteiger partial charge in [0.2, 0.25) is 0 Å². The van der Waals surface area contributed by atoms with E-state index in [-0.39, 0.29) is 5.56 Å². The van der Waals surface area contributed by atoms with Gasteiger partial charge >= 0.3 is 0 Å². The topological polar surface area (TPSA) is 68.0 Å². The van der Waals surface area contributed by atoms with E-state index in [9.17, 15) is 13.9 Å². The summed E-state index contributed by atoms with van der Waals surface area (Å²) in [4.78, 5) is 2.24. The summed E-state index contributed by atoms with van der Waals surface area (Å²) in [7, 11) is 0. The second-order valence-electron chi connectivity index (χ2n) is 10.8. The first-order valence-electron chi connectivity index (χ1n) is 14.9. The van der Waals surface area contributed by atoms with Gasteiger partial charge in [0, 0.05) is 25.3 Å². The van der Waals surface area contributed by atoms with Gasteiger partial charge in [0.25, 0.3) is 5.92 Å². The lowest BCUT2D eigenvalue weighted by molar-refractivity contribution is -0.0831. The third-order valence-corrected chi connectivity index (χ3v) is 7.33. The van der Waals surface area contributed by atoms with E-state index in [1.165, 1.54) is 17.7 Å². The second-order valence-corrected chi connectivity index (χ2v) is 10.8. The average molecular weight is 589 g/mol. The first-order chi connectivity index (χ1) is 20.9. The summed E-state index contributed by atoms with van der Waals surface area (Å²) in [6.45, 7) is 2.09. The Balaban J connectivity index is 1.22. The summed E-state index contributed by atoms with van der Waals surface area (Å²) < 4.78 is 39.7. The van der Waals surface area contributed by atoms with Crippen LogP contribution in [0, 0.1) is 0 Å². The number of nitrogens with two attached hydrogens (primary N) is 1. The maximum atomic E-state index is 14.3. The molecule has 43 heavy (non-hydrogen) atoms. The molecule has 3 N–H and O–H groups in total. The van der Waals surface area contributed by atoms with Crippen LogP contribution in [0.15, 0.2) is 109 Å². The van der Waals surface area contributed by atoms with Crippen molar-refractivity contribution in [3.8, 4) is 5.75 Å². The number of alkyl halides is 2. The lowest BCUT2D eigenvalue weighted by Gasteiger charge is -2.26. The molecule has 1 atom stereocenters. The molecule has 0 amide bonds. The minimum atomic E-state index is -2.99. The predicted molar refractivity (Wildman–Crippen MR) is 168 cm³/mol. The molecule has 0 saturated carbocycles. The molecular formula is C36H42F2N2O3. The molecule has 0 aliphatic heterocycles. The van der Waals surface area contributed by atoms with E-state index in [0.29, 0.717) is 37.7 Å². The third kappa shape index (κ3) is 10.8. The molecule has 0 heterocycles. The molecule has 0 saturated heterocycles. The zero-order chi connectivity index (χ0) is 30.3. The minimum absolute atomic E-state index is 0.0225. The van der Waals surface area contributed by atoms with Gasteiger partial charge in [-0.05, 0) is 48.2 Å². The Hall–Kier alpha value is -3.78. The number of anilines is 1. The fourth-order valence-corrected chi connectivity index (χ4v) is 4.93. The van der Waals surface area contributed by atoms with Crippen molar-refractivity contribution in [2.24, 2.45) is 0 Å². The van der Waals surface area contributed by atoms with E-state index in [1.807, 2.05) is 60.7 Å². The van der Waals surface area contributed by atoms with E-state index in [2.05, 4.69) is 17.0 Å². The Morgan fingerprint density at radius 1 is 0.767 bits per heavy atom. The monoisotopic (exact) mass is 588 g/mol. The van der Waals surface area contributed by atoms with E-state index in [4.69, 9.17) is 15.2 Å². The molecule has 5 nitrogen and oxygen atoms in total. The molecule has 4 rings (SSSR count). The zero-order valence-electron chi connectivity index (χ0n) is 24.6. The molecule has 228 valence electrons. The normalized spacial score (nSPS) is 12.4. The van der Waals surface area contributed by atoms with Crippen molar-refractivity contribution >= 4 is 5.69 Å². The number of nitrogens with zero attached hydrogens (tertiary/aromatic N) is 1.